The van der Waals surface area contributed by atoms with Crippen molar-refractivity contribution in [2.24, 2.45) is 0 Å². The van der Waals surface area contributed by atoms with Gasteiger partial charge in [0.1, 0.15) is 18.2 Å². The van der Waals surface area contributed by atoms with Gasteiger partial charge in [-0.25, -0.2) is 4.39 Å². The smallest absolute Gasteiger partial charge is 0.145 e. The Bertz CT molecular complexity index is 625. The number of rotatable bonds is 4. The summed E-state index contributed by atoms with van der Waals surface area (Å²) in [6, 6.07) is 12.0. The van der Waals surface area contributed by atoms with Crippen LogP contribution in [0.15, 0.2) is 42.5 Å². The summed E-state index contributed by atoms with van der Waals surface area (Å²) < 4.78 is 24.2. The van der Waals surface area contributed by atoms with Gasteiger partial charge >= 0.3 is 0 Å². The first-order valence-electron chi connectivity index (χ1n) is 7.32. The number of nitrogen functional groups attached to an aromatic ring is 1. The Morgan fingerprint density at radius 1 is 1.09 bits per heavy atom. The predicted octanol–water partition coefficient (Wildman–Crippen LogP) is 2.82. The van der Waals surface area contributed by atoms with E-state index in [1.54, 1.807) is 12.1 Å². The van der Waals surface area contributed by atoms with Crippen LogP contribution in [0.25, 0.3) is 0 Å². The molecule has 0 saturated carbocycles. The molecule has 1 aliphatic heterocycles. The SMILES string of the molecule is Nc1ccc(N2CCOCC2)c(OCc2ccc(F)cc2)c1. The van der Waals surface area contributed by atoms with E-state index < -0.39 is 0 Å². The van der Waals surface area contributed by atoms with Gasteiger partial charge in [0.25, 0.3) is 0 Å². The first kappa shape index (κ1) is 14.7. The fourth-order valence-corrected chi connectivity index (χ4v) is 2.45. The second-order valence-electron chi connectivity index (χ2n) is 5.24. The monoisotopic (exact) mass is 302 g/mol. The van der Waals surface area contributed by atoms with Crippen molar-refractivity contribution in [1.82, 2.24) is 0 Å². The van der Waals surface area contributed by atoms with Gasteiger partial charge in [-0.1, -0.05) is 12.1 Å². The van der Waals surface area contributed by atoms with Gasteiger partial charge in [0.05, 0.1) is 18.9 Å². The third kappa shape index (κ3) is 3.49. The molecule has 116 valence electrons. The lowest BCUT2D eigenvalue weighted by Crippen LogP contribution is -2.36. The fraction of sp³-hybridized carbons (Fsp3) is 0.294. The molecule has 3 rings (SSSR count). The zero-order chi connectivity index (χ0) is 15.4. The van der Waals surface area contributed by atoms with Crippen molar-refractivity contribution in [3.8, 4) is 5.75 Å². The number of hydrogen-bond donors (Lipinski definition) is 1. The van der Waals surface area contributed by atoms with Gasteiger partial charge in [-0.2, -0.15) is 0 Å². The molecule has 0 radical (unpaired) electrons. The van der Waals surface area contributed by atoms with Gasteiger partial charge in [0, 0.05) is 24.8 Å². The highest BCUT2D eigenvalue weighted by atomic mass is 19.1. The van der Waals surface area contributed by atoms with E-state index in [1.807, 2.05) is 18.2 Å². The van der Waals surface area contributed by atoms with Crippen molar-refractivity contribution < 1.29 is 13.9 Å². The Labute approximate surface area is 129 Å². The minimum Gasteiger partial charge on any atom is -0.487 e. The van der Waals surface area contributed by atoms with Crippen LogP contribution in [-0.4, -0.2) is 26.3 Å². The van der Waals surface area contributed by atoms with Crippen molar-refractivity contribution in [2.75, 3.05) is 36.9 Å². The number of morpholine rings is 1. The van der Waals surface area contributed by atoms with Gasteiger partial charge in [-0.05, 0) is 29.8 Å². The summed E-state index contributed by atoms with van der Waals surface area (Å²) in [5.74, 6) is 0.493. The normalized spacial score (nSPS) is 14.9. The lowest BCUT2D eigenvalue weighted by molar-refractivity contribution is 0.122. The molecule has 0 unspecified atom stereocenters. The van der Waals surface area contributed by atoms with E-state index in [2.05, 4.69) is 4.90 Å². The predicted molar refractivity (Wildman–Crippen MR) is 84.6 cm³/mol. The fourth-order valence-electron chi connectivity index (χ4n) is 2.45. The highest BCUT2D eigenvalue weighted by Crippen LogP contribution is 2.31. The summed E-state index contributed by atoms with van der Waals surface area (Å²) >= 11 is 0. The minimum absolute atomic E-state index is 0.248. The summed E-state index contributed by atoms with van der Waals surface area (Å²) in [6.07, 6.45) is 0. The highest BCUT2D eigenvalue weighted by molar-refractivity contribution is 5.64. The topological polar surface area (TPSA) is 47.7 Å². The average Bonchev–Trinajstić information content (AvgIpc) is 2.55. The van der Waals surface area contributed by atoms with Gasteiger partial charge in [-0.3, -0.25) is 0 Å². The van der Waals surface area contributed by atoms with E-state index in [4.69, 9.17) is 15.2 Å². The van der Waals surface area contributed by atoms with Gasteiger partial charge in [-0.15, -0.1) is 0 Å². The Morgan fingerprint density at radius 3 is 2.55 bits per heavy atom. The first-order valence-corrected chi connectivity index (χ1v) is 7.32. The number of benzene rings is 2. The molecule has 1 aliphatic rings. The minimum atomic E-state index is -0.248. The molecule has 2 N–H and O–H groups in total. The van der Waals surface area contributed by atoms with Crippen LogP contribution in [0.2, 0.25) is 0 Å². The van der Waals surface area contributed by atoms with Crippen LogP contribution >= 0.6 is 0 Å². The molecule has 0 atom stereocenters. The van der Waals surface area contributed by atoms with E-state index in [9.17, 15) is 4.39 Å². The summed E-state index contributed by atoms with van der Waals surface area (Å²) in [6.45, 7) is 3.46. The van der Waals surface area contributed by atoms with Crippen LogP contribution in [0.1, 0.15) is 5.56 Å². The molecular formula is C17H19FN2O2. The standard InChI is InChI=1S/C17H19FN2O2/c18-14-3-1-13(2-4-14)12-22-17-11-15(19)5-6-16(17)20-7-9-21-10-8-20/h1-6,11H,7-10,12,19H2. The molecule has 0 amide bonds. The summed E-state index contributed by atoms with van der Waals surface area (Å²) in [5, 5.41) is 0. The number of anilines is 2. The number of hydrogen-bond acceptors (Lipinski definition) is 4. The number of ether oxygens (including phenoxy) is 2. The van der Waals surface area contributed by atoms with Crippen LogP contribution < -0.4 is 15.4 Å². The molecule has 2 aromatic carbocycles. The second-order valence-corrected chi connectivity index (χ2v) is 5.24. The van der Waals surface area contributed by atoms with E-state index >= 15 is 0 Å². The molecule has 0 aromatic heterocycles. The third-order valence-electron chi connectivity index (χ3n) is 3.64. The van der Waals surface area contributed by atoms with Crippen molar-refractivity contribution in [2.45, 2.75) is 6.61 Å². The van der Waals surface area contributed by atoms with Crippen LogP contribution in [0.4, 0.5) is 15.8 Å². The van der Waals surface area contributed by atoms with Gasteiger partial charge < -0.3 is 20.1 Å². The summed E-state index contributed by atoms with van der Waals surface area (Å²) in [5.41, 5.74) is 8.46. The molecule has 0 bridgehead atoms. The average molecular weight is 302 g/mol. The van der Waals surface area contributed by atoms with Crippen LogP contribution in [0, 0.1) is 5.82 Å². The Hall–Kier alpha value is -2.27. The summed E-state index contributed by atoms with van der Waals surface area (Å²) in [7, 11) is 0. The molecule has 2 aromatic rings. The number of nitrogens with zero attached hydrogens (tertiary/aromatic N) is 1. The third-order valence-corrected chi connectivity index (χ3v) is 3.64. The van der Waals surface area contributed by atoms with E-state index in [0.29, 0.717) is 25.5 Å². The largest absolute Gasteiger partial charge is 0.487 e. The maximum absolute atomic E-state index is 12.9. The van der Waals surface area contributed by atoms with Gasteiger partial charge in [0.15, 0.2) is 0 Å². The van der Waals surface area contributed by atoms with Crippen molar-refractivity contribution >= 4 is 11.4 Å². The summed E-state index contributed by atoms with van der Waals surface area (Å²) in [4.78, 5) is 2.23. The Kier molecular flexibility index (Phi) is 4.44. The maximum Gasteiger partial charge on any atom is 0.145 e. The molecule has 5 heteroatoms. The van der Waals surface area contributed by atoms with Crippen molar-refractivity contribution in [3.63, 3.8) is 0 Å². The van der Waals surface area contributed by atoms with Crippen molar-refractivity contribution in [3.05, 3.63) is 53.8 Å². The Balaban J connectivity index is 1.76. The molecule has 22 heavy (non-hydrogen) atoms. The zero-order valence-corrected chi connectivity index (χ0v) is 12.3. The molecule has 0 aliphatic carbocycles. The maximum atomic E-state index is 12.9. The van der Waals surface area contributed by atoms with Crippen LogP contribution in [0.5, 0.6) is 5.75 Å². The molecule has 1 saturated heterocycles. The number of nitrogens with two attached hydrogens (primary N) is 1. The van der Waals surface area contributed by atoms with Crippen LogP contribution in [-0.2, 0) is 11.3 Å². The number of halogens is 1. The lowest BCUT2D eigenvalue weighted by atomic mass is 10.2. The van der Waals surface area contributed by atoms with Crippen LogP contribution in [0.3, 0.4) is 0 Å². The lowest BCUT2D eigenvalue weighted by Gasteiger charge is -2.30. The van der Waals surface area contributed by atoms with Gasteiger partial charge in [0.2, 0.25) is 0 Å². The molecule has 4 nitrogen and oxygen atoms in total. The van der Waals surface area contributed by atoms with E-state index in [0.717, 1.165) is 30.1 Å². The molecule has 1 fully saturated rings. The Morgan fingerprint density at radius 2 is 1.82 bits per heavy atom. The molecule has 1 heterocycles. The van der Waals surface area contributed by atoms with E-state index in [-0.39, 0.29) is 5.82 Å². The first-order chi connectivity index (χ1) is 10.7. The quantitative estimate of drug-likeness (QED) is 0.882. The molecular weight excluding hydrogens is 283 g/mol. The second kappa shape index (κ2) is 6.66. The zero-order valence-electron chi connectivity index (χ0n) is 12.3. The molecule has 0 spiro atoms. The van der Waals surface area contributed by atoms with E-state index in [1.165, 1.54) is 12.1 Å². The highest BCUT2D eigenvalue weighted by Gasteiger charge is 2.16. The van der Waals surface area contributed by atoms with Crippen molar-refractivity contribution in [1.29, 1.82) is 0 Å².